The van der Waals surface area contributed by atoms with Crippen molar-refractivity contribution in [1.82, 2.24) is 4.90 Å². The molecule has 0 spiro atoms. The summed E-state index contributed by atoms with van der Waals surface area (Å²) in [5.41, 5.74) is 7.98. The minimum Gasteiger partial charge on any atom is -0.327 e. The highest BCUT2D eigenvalue weighted by atomic mass is 35.5. The van der Waals surface area contributed by atoms with Gasteiger partial charge in [0.2, 0.25) is 0 Å². The summed E-state index contributed by atoms with van der Waals surface area (Å²) in [6, 6.07) is 8.73. The van der Waals surface area contributed by atoms with Crippen molar-refractivity contribution in [2.24, 2.45) is 17.1 Å². The second-order valence-electron chi connectivity index (χ2n) is 7.30. The number of rotatable bonds is 4. The van der Waals surface area contributed by atoms with Gasteiger partial charge in [-0.2, -0.15) is 0 Å². The number of nitrogens with two attached hydrogens (primary N) is 1. The Kier molecular flexibility index (Phi) is 5.34. The van der Waals surface area contributed by atoms with Gasteiger partial charge < -0.3 is 5.73 Å². The maximum Gasteiger partial charge on any atom is 0.0453 e. The molecule has 2 N–H and O–H groups in total. The molecule has 0 bridgehead atoms. The SMILES string of the molecule is CC(c1ccccc1Cl)N(C)CC1CCCC(C)(C)C1N. The lowest BCUT2D eigenvalue weighted by Gasteiger charge is -2.44. The van der Waals surface area contributed by atoms with Gasteiger partial charge in [-0.3, -0.25) is 4.90 Å². The lowest BCUT2D eigenvalue weighted by atomic mass is 9.68. The van der Waals surface area contributed by atoms with Gasteiger partial charge in [0.05, 0.1) is 0 Å². The van der Waals surface area contributed by atoms with E-state index in [0.29, 0.717) is 12.0 Å². The summed E-state index contributed by atoms with van der Waals surface area (Å²) in [7, 11) is 2.18. The van der Waals surface area contributed by atoms with Crippen LogP contribution in [0.5, 0.6) is 0 Å². The number of hydrogen-bond donors (Lipinski definition) is 1. The number of hydrogen-bond acceptors (Lipinski definition) is 2. The van der Waals surface area contributed by atoms with E-state index >= 15 is 0 Å². The van der Waals surface area contributed by atoms with E-state index in [1.165, 1.54) is 24.8 Å². The van der Waals surface area contributed by atoms with Crippen molar-refractivity contribution in [3.63, 3.8) is 0 Å². The summed E-state index contributed by atoms with van der Waals surface area (Å²) in [5.74, 6) is 0.573. The van der Waals surface area contributed by atoms with Crippen LogP contribution in [0, 0.1) is 11.3 Å². The summed E-state index contributed by atoms with van der Waals surface area (Å²) < 4.78 is 0. The average molecular weight is 309 g/mol. The second-order valence-corrected chi connectivity index (χ2v) is 7.71. The molecular formula is C18H29ClN2. The highest BCUT2D eigenvalue weighted by Gasteiger charge is 2.37. The van der Waals surface area contributed by atoms with Crippen molar-refractivity contribution in [3.8, 4) is 0 Å². The van der Waals surface area contributed by atoms with Gasteiger partial charge in [-0.15, -0.1) is 0 Å². The molecule has 3 heteroatoms. The van der Waals surface area contributed by atoms with Gasteiger partial charge in [-0.25, -0.2) is 0 Å². The molecule has 1 aliphatic carbocycles. The van der Waals surface area contributed by atoms with Crippen LogP contribution >= 0.6 is 11.6 Å². The first-order valence-corrected chi connectivity index (χ1v) is 8.41. The lowest BCUT2D eigenvalue weighted by Crippen LogP contribution is -2.50. The fraction of sp³-hybridized carbons (Fsp3) is 0.667. The van der Waals surface area contributed by atoms with Crippen molar-refractivity contribution in [2.45, 2.75) is 52.1 Å². The predicted octanol–water partition coefficient (Wildman–Crippen LogP) is 4.49. The summed E-state index contributed by atoms with van der Waals surface area (Å²) in [6.45, 7) is 7.88. The third-order valence-electron chi connectivity index (χ3n) is 5.35. The average Bonchev–Trinajstić information content (AvgIpc) is 2.43. The molecular weight excluding hydrogens is 280 g/mol. The third-order valence-corrected chi connectivity index (χ3v) is 5.69. The van der Waals surface area contributed by atoms with Crippen LogP contribution in [0.25, 0.3) is 0 Å². The summed E-state index contributed by atoms with van der Waals surface area (Å²) in [4.78, 5) is 2.40. The zero-order valence-corrected chi connectivity index (χ0v) is 14.5. The van der Waals surface area contributed by atoms with Crippen LogP contribution in [0.2, 0.25) is 5.02 Å². The Balaban J connectivity index is 2.04. The Morgan fingerprint density at radius 2 is 2.05 bits per heavy atom. The van der Waals surface area contributed by atoms with E-state index in [1.807, 2.05) is 12.1 Å². The molecule has 2 nitrogen and oxygen atoms in total. The van der Waals surface area contributed by atoms with E-state index in [4.69, 9.17) is 17.3 Å². The Morgan fingerprint density at radius 1 is 1.38 bits per heavy atom. The molecule has 2 rings (SSSR count). The van der Waals surface area contributed by atoms with E-state index in [2.05, 4.69) is 44.9 Å². The van der Waals surface area contributed by atoms with Crippen LogP contribution in [0.4, 0.5) is 0 Å². The minimum absolute atomic E-state index is 0.261. The van der Waals surface area contributed by atoms with E-state index < -0.39 is 0 Å². The van der Waals surface area contributed by atoms with Gasteiger partial charge in [-0.05, 0) is 49.8 Å². The van der Waals surface area contributed by atoms with Crippen LogP contribution in [0.15, 0.2) is 24.3 Å². The van der Waals surface area contributed by atoms with E-state index in [-0.39, 0.29) is 11.5 Å². The van der Waals surface area contributed by atoms with Crippen molar-refractivity contribution in [3.05, 3.63) is 34.9 Å². The molecule has 3 unspecified atom stereocenters. The molecule has 0 aliphatic heterocycles. The molecule has 1 aromatic rings. The monoisotopic (exact) mass is 308 g/mol. The van der Waals surface area contributed by atoms with Crippen molar-refractivity contribution < 1.29 is 0 Å². The Labute approximate surface area is 134 Å². The maximum atomic E-state index is 6.52. The largest absolute Gasteiger partial charge is 0.327 e. The Bertz CT molecular complexity index is 472. The highest BCUT2D eigenvalue weighted by Crippen LogP contribution is 2.38. The molecule has 21 heavy (non-hydrogen) atoms. The zero-order valence-electron chi connectivity index (χ0n) is 13.8. The fourth-order valence-corrected chi connectivity index (χ4v) is 3.88. The number of halogens is 1. The molecule has 0 heterocycles. The van der Waals surface area contributed by atoms with Gasteiger partial charge in [0, 0.05) is 23.7 Å². The van der Waals surface area contributed by atoms with Crippen LogP contribution in [0.1, 0.15) is 51.6 Å². The molecule has 0 aromatic heterocycles. The van der Waals surface area contributed by atoms with Crippen molar-refractivity contribution >= 4 is 11.6 Å². The Hall–Kier alpha value is -0.570. The molecule has 3 atom stereocenters. The van der Waals surface area contributed by atoms with Crippen LogP contribution in [0.3, 0.4) is 0 Å². The number of benzene rings is 1. The first-order valence-electron chi connectivity index (χ1n) is 8.03. The fourth-order valence-electron chi connectivity index (χ4n) is 3.59. The van der Waals surface area contributed by atoms with Gasteiger partial charge in [0.15, 0.2) is 0 Å². The molecule has 0 amide bonds. The molecule has 1 fully saturated rings. The van der Waals surface area contributed by atoms with E-state index in [1.54, 1.807) is 0 Å². The lowest BCUT2D eigenvalue weighted by molar-refractivity contribution is 0.0989. The van der Waals surface area contributed by atoms with Gasteiger partial charge in [0.25, 0.3) is 0 Å². The predicted molar refractivity (Wildman–Crippen MR) is 91.6 cm³/mol. The quantitative estimate of drug-likeness (QED) is 0.888. The minimum atomic E-state index is 0.261. The molecule has 0 radical (unpaired) electrons. The van der Waals surface area contributed by atoms with Crippen LogP contribution in [-0.2, 0) is 0 Å². The van der Waals surface area contributed by atoms with E-state index in [9.17, 15) is 0 Å². The van der Waals surface area contributed by atoms with Crippen LogP contribution < -0.4 is 5.73 Å². The maximum absolute atomic E-state index is 6.52. The topological polar surface area (TPSA) is 29.3 Å². The standard InChI is InChI=1S/C18H29ClN2/c1-13(15-9-5-6-10-16(15)19)21(4)12-14-8-7-11-18(2,3)17(14)20/h5-6,9-10,13-14,17H,7-8,11-12,20H2,1-4H3. The Morgan fingerprint density at radius 3 is 2.71 bits per heavy atom. The number of nitrogens with zero attached hydrogens (tertiary/aromatic N) is 1. The second kappa shape index (κ2) is 6.68. The van der Waals surface area contributed by atoms with Crippen LogP contribution in [-0.4, -0.2) is 24.5 Å². The zero-order chi connectivity index (χ0) is 15.6. The first kappa shape index (κ1) is 16.8. The van der Waals surface area contributed by atoms with Crippen molar-refractivity contribution in [1.29, 1.82) is 0 Å². The molecule has 1 aromatic carbocycles. The first-order chi connectivity index (χ1) is 9.83. The highest BCUT2D eigenvalue weighted by molar-refractivity contribution is 6.31. The van der Waals surface area contributed by atoms with Crippen molar-refractivity contribution in [2.75, 3.05) is 13.6 Å². The molecule has 1 saturated carbocycles. The van der Waals surface area contributed by atoms with Gasteiger partial charge >= 0.3 is 0 Å². The van der Waals surface area contributed by atoms with E-state index in [0.717, 1.165) is 11.6 Å². The third kappa shape index (κ3) is 3.80. The molecule has 118 valence electrons. The molecule has 0 saturated heterocycles. The summed E-state index contributed by atoms with van der Waals surface area (Å²) in [5, 5.41) is 0.852. The smallest absolute Gasteiger partial charge is 0.0453 e. The van der Waals surface area contributed by atoms with Gasteiger partial charge in [-0.1, -0.05) is 50.1 Å². The summed E-state index contributed by atoms with van der Waals surface area (Å²) in [6.07, 6.45) is 3.78. The normalized spacial score (nSPS) is 26.8. The van der Waals surface area contributed by atoms with Gasteiger partial charge in [0.1, 0.15) is 0 Å². The summed E-state index contributed by atoms with van der Waals surface area (Å²) >= 11 is 6.33. The molecule has 1 aliphatic rings.